The second-order valence-corrected chi connectivity index (χ2v) is 4.48. The van der Waals surface area contributed by atoms with E-state index in [4.69, 9.17) is 4.74 Å². The number of methoxy groups -OCH3 is 1. The molecule has 0 aliphatic heterocycles. The third-order valence-corrected chi connectivity index (χ3v) is 2.79. The van der Waals surface area contributed by atoms with Crippen molar-refractivity contribution in [3.05, 3.63) is 22.2 Å². The molecule has 0 aliphatic carbocycles. The van der Waals surface area contributed by atoms with Gasteiger partial charge in [-0.3, -0.25) is 10.1 Å². The SMILES string of the molecule is CCCNc1cc([N+](=O)[O-])cc(NC(CC)COC)n1. The van der Waals surface area contributed by atoms with Crippen LogP contribution in [0.3, 0.4) is 0 Å². The van der Waals surface area contributed by atoms with E-state index in [2.05, 4.69) is 15.6 Å². The first kappa shape index (κ1) is 16.2. The molecular formula is C13H22N4O3. The van der Waals surface area contributed by atoms with E-state index in [0.29, 0.717) is 18.2 Å². The van der Waals surface area contributed by atoms with Crippen LogP contribution >= 0.6 is 0 Å². The Morgan fingerprint density at radius 2 is 2.10 bits per heavy atom. The van der Waals surface area contributed by atoms with Gasteiger partial charge in [0, 0.05) is 13.7 Å². The van der Waals surface area contributed by atoms with Crippen molar-refractivity contribution < 1.29 is 9.66 Å². The van der Waals surface area contributed by atoms with Gasteiger partial charge < -0.3 is 15.4 Å². The summed E-state index contributed by atoms with van der Waals surface area (Å²) in [7, 11) is 1.62. The molecule has 20 heavy (non-hydrogen) atoms. The summed E-state index contributed by atoms with van der Waals surface area (Å²) in [5.41, 5.74) is 0.0216. The van der Waals surface area contributed by atoms with E-state index in [-0.39, 0.29) is 11.7 Å². The van der Waals surface area contributed by atoms with Crippen LogP contribution in [0.5, 0.6) is 0 Å². The molecular weight excluding hydrogens is 260 g/mol. The highest BCUT2D eigenvalue weighted by Gasteiger charge is 2.13. The zero-order valence-corrected chi connectivity index (χ0v) is 12.2. The number of aromatic nitrogens is 1. The first-order valence-electron chi connectivity index (χ1n) is 6.76. The van der Waals surface area contributed by atoms with Crippen molar-refractivity contribution >= 4 is 17.3 Å². The van der Waals surface area contributed by atoms with Crippen LogP contribution in [0.1, 0.15) is 26.7 Å². The van der Waals surface area contributed by atoms with Crippen LogP contribution in [0.15, 0.2) is 12.1 Å². The average molecular weight is 282 g/mol. The van der Waals surface area contributed by atoms with Crippen LogP contribution in [0, 0.1) is 10.1 Å². The monoisotopic (exact) mass is 282 g/mol. The van der Waals surface area contributed by atoms with Gasteiger partial charge in [-0.15, -0.1) is 0 Å². The summed E-state index contributed by atoms with van der Waals surface area (Å²) in [5.74, 6) is 0.998. The standard InChI is InChI=1S/C13H22N4O3/c1-4-6-14-12-7-11(17(18)19)8-13(16-12)15-10(5-2)9-20-3/h7-8,10H,4-6,9H2,1-3H3,(H2,14,15,16). The average Bonchev–Trinajstić information content (AvgIpc) is 2.44. The molecule has 1 aromatic rings. The van der Waals surface area contributed by atoms with E-state index in [1.54, 1.807) is 7.11 Å². The Morgan fingerprint density at radius 3 is 2.65 bits per heavy atom. The Morgan fingerprint density at radius 1 is 1.40 bits per heavy atom. The lowest BCUT2D eigenvalue weighted by Gasteiger charge is -2.17. The van der Waals surface area contributed by atoms with Crippen molar-refractivity contribution in [3.63, 3.8) is 0 Å². The number of ether oxygens (including phenoxy) is 1. The molecule has 0 fully saturated rings. The number of anilines is 2. The molecule has 7 nitrogen and oxygen atoms in total. The number of hydrogen-bond acceptors (Lipinski definition) is 6. The van der Waals surface area contributed by atoms with Crippen LogP contribution in [0.4, 0.5) is 17.3 Å². The predicted molar refractivity (Wildman–Crippen MR) is 79.2 cm³/mol. The van der Waals surface area contributed by atoms with E-state index < -0.39 is 4.92 Å². The summed E-state index contributed by atoms with van der Waals surface area (Å²) in [6.07, 6.45) is 1.77. The third kappa shape index (κ3) is 5.00. The van der Waals surface area contributed by atoms with Gasteiger partial charge in [-0.25, -0.2) is 4.98 Å². The van der Waals surface area contributed by atoms with Gasteiger partial charge in [-0.05, 0) is 12.8 Å². The molecule has 1 aromatic heterocycles. The number of nitrogens with one attached hydrogen (secondary N) is 2. The second kappa shape index (κ2) is 8.31. The molecule has 0 saturated heterocycles. The normalized spacial score (nSPS) is 11.9. The maximum atomic E-state index is 11.0. The topological polar surface area (TPSA) is 89.3 Å². The minimum absolute atomic E-state index is 0.0216. The first-order chi connectivity index (χ1) is 9.60. The number of pyridine rings is 1. The van der Waals surface area contributed by atoms with Crippen molar-refractivity contribution in [1.82, 2.24) is 4.98 Å². The molecule has 112 valence electrons. The fourth-order valence-corrected chi connectivity index (χ4v) is 1.71. The highest BCUT2D eigenvalue weighted by atomic mass is 16.6. The molecule has 1 unspecified atom stereocenters. The van der Waals surface area contributed by atoms with Gasteiger partial charge in [0.05, 0.1) is 29.7 Å². The van der Waals surface area contributed by atoms with Gasteiger partial charge >= 0.3 is 0 Å². The maximum Gasteiger partial charge on any atom is 0.276 e. The van der Waals surface area contributed by atoms with Gasteiger partial charge in [-0.2, -0.15) is 0 Å². The molecule has 2 N–H and O–H groups in total. The lowest BCUT2D eigenvalue weighted by atomic mass is 10.2. The van der Waals surface area contributed by atoms with Gasteiger partial charge in [0.1, 0.15) is 11.6 Å². The van der Waals surface area contributed by atoms with Gasteiger partial charge in [0.25, 0.3) is 5.69 Å². The highest BCUT2D eigenvalue weighted by Crippen LogP contribution is 2.21. The molecule has 0 radical (unpaired) electrons. The van der Waals surface area contributed by atoms with Crippen LogP contribution < -0.4 is 10.6 Å². The van der Waals surface area contributed by atoms with Crippen LogP contribution in [-0.2, 0) is 4.74 Å². The minimum atomic E-state index is -0.415. The van der Waals surface area contributed by atoms with Crippen LogP contribution in [-0.4, -0.2) is 36.2 Å². The Hall–Kier alpha value is -1.89. The Bertz CT molecular complexity index is 440. The highest BCUT2D eigenvalue weighted by molar-refractivity contribution is 5.55. The van der Waals surface area contributed by atoms with Crippen molar-refractivity contribution in [3.8, 4) is 0 Å². The lowest BCUT2D eigenvalue weighted by Crippen LogP contribution is -2.24. The van der Waals surface area contributed by atoms with Crippen molar-refractivity contribution in [2.45, 2.75) is 32.7 Å². The van der Waals surface area contributed by atoms with Crippen LogP contribution in [0.25, 0.3) is 0 Å². The summed E-state index contributed by atoms with van der Waals surface area (Å²) >= 11 is 0. The zero-order valence-electron chi connectivity index (χ0n) is 12.2. The molecule has 0 saturated carbocycles. The fraction of sp³-hybridized carbons (Fsp3) is 0.615. The van der Waals surface area contributed by atoms with E-state index in [1.165, 1.54) is 12.1 Å². The molecule has 0 bridgehead atoms. The number of rotatable bonds is 9. The summed E-state index contributed by atoms with van der Waals surface area (Å²) < 4.78 is 5.10. The number of nitrogens with zero attached hydrogens (tertiary/aromatic N) is 2. The molecule has 1 atom stereocenters. The quantitative estimate of drug-likeness (QED) is 0.534. The minimum Gasteiger partial charge on any atom is -0.383 e. The largest absolute Gasteiger partial charge is 0.383 e. The summed E-state index contributed by atoms with van der Waals surface area (Å²) in [6.45, 7) is 5.29. The summed E-state index contributed by atoms with van der Waals surface area (Å²) in [4.78, 5) is 14.9. The van der Waals surface area contributed by atoms with E-state index in [0.717, 1.165) is 19.4 Å². The third-order valence-electron chi connectivity index (χ3n) is 2.79. The smallest absolute Gasteiger partial charge is 0.276 e. The fourth-order valence-electron chi connectivity index (χ4n) is 1.71. The Labute approximate surface area is 118 Å². The summed E-state index contributed by atoms with van der Waals surface area (Å²) in [6, 6.07) is 2.96. The predicted octanol–water partition coefficient (Wildman–Crippen LogP) is 2.65. The summed E-state index contributed by atoms with van der Waals surface area (Å²) in [5, 5.41) is 17.2. The number of nitro groups is 1. The van der Waals surface area contributed by atoms with Crippen molar-refractivity contribution in [2.24, 2.45) is 0 Å². The van der Waals surface area contributed by atoms with Crippen LogP contribution in [0.2, 0.25) is 0 Å². The Kier molecular flexibility index (Phi) is 6.72. The van der Waals surface area contributed by atoms with E-state index in [9.17, 15) is 10.1 Å². The van der Waals surface area contributed by atoms with Gasteiger partial charge in [0.2, 0.25) is 0 Å². The van der Waals surface area contributed by atoms with E-state index in [1.807, 2.05) is 13.8 Å². The molecule has 0 amide bonds. The molecule has 1 heterocycles. The molecule has 0 aliphatic rings. The molecule has 1 rings (SSSR count). The van der Waals surface area contributed by atoms with E-state index >= 15 is 0 Å². The Balaban J connectivity index is 2.92. The first-order valence-corrected chi connectivity index (χ1v) is 6.76. The number of hydrogen-bond donors (Lipinski definition) is 2. The lowest BCUT2D eigenvalue weighted by molar-refractivity contribution is -0.384. The molecule has 0 aromatic carbocycles. The zero-order chi connectivity index (χ0) is 15.0. The van der Waals surface area contributed by atoms with Gasteiger partial charge in [-0.1, -0.05) is 13.8 Å². The van der Waals surface area contributed by atoms with Crippen molar-refractivity contribution in [2.75, 3.05) is 30.9 Å². The molecule has 7 heteroatoms. The maximum absolute atomic E-state index is 11.0. The van der Waals surface area contributed by atoms with Gasteiger partial charge in [0.15, 0.2) is 0 Å². The molecule has 0 spiro atoms. The second-order valence-electron chi connectivity index (χ2n) is 4.48. The van der Waals surface area contributed by atoms with Crippen molar-refractivity contribution in [1.29, 1.82) is 0 Å².